The summed E-state index contributed by atoms with van der Waals surface area (Å²) >= 11 is 3.32. The number of halogens is 1. The maximum absolute atomic E-state index is 11.9. The third-order valence-corrected chi connectivity index (χ3v) is 3.53. The van der Waals surface area contributed by atoms with Crippen LogP contribution in [0.5, 0.6) is 0 Å². The van der Waals surface area contributed by atoms with Crippen LogP contribution in [0.2, 0.25) is 0 Å². The van der Waals surface area contributed by atoms with Gasteiger partial charge in [-0.25, -0.2) is 0 Å². The number of nitrogens with zero attached hydrogens (tertiary/aromatic N) is 1. The van der Waals surface area contributed by atoms with Crippen molar-refractivity contribution in [2.24, 2.45) is 7.05 Å². The van der Waals surface area contributed by atoms with Gasteiger partial charge in [0, 0.05) is 24.3 Å². The highest BCUT2D eigenvalue weighted by Crippen LogP contribution is 2.15. The summed E-state index contributed by atoms with van der Waals surface area (Å²) in [7, 11) is 1.81. The van der Waals surface area contributed by atoms with E-state index in [-0.39, 0.29) is 12.5 Å². The summed E-state index contributed by atoms with van der Waals surface area (Å²) < 4.78 is 2.61. The topological polar surface area (TPSA) is 54.3 Å². The summed E-state index contributed by atoms with van der Waals surface area (Å²) in [5.74, 6) is -0.168. The Kier molecular flexibility index (Phi) is 4.77. The number of rotatable bonds is 5. The first-order valence-corrected chi connectivity index (χ1v) is 6.53. The molecule has 0 aliphatic carbocycles. The van der Waals surface area contributed by atoms with Gasteiger partial charge in [0.1, 0.15) is 5.69 Å². The molecule has 17 heavy (non-hydrogen) atoms. The molecule has 0 aliphatic rings. The van der Waals surface area contributed by atoms with E-state index in [1.807, 2.05) is 27.1 Å². The molecule has 1 heterocycles. The van der Waals surface area contributed by atoms with Gasteiger partial charge in [0.2, 0.25) is 0 Å². The predicted octanol–water partition coefficient (Wildman–Crippen LogP) is 2.07. The lowest BCUT2D eigenvalue weighted by Crippen LogP contribution is -2.42. The Morgan fingerprint density at radius 2 is 2.12 bits per heavy atom. The summed E-state index contributed by atoms with van der Waals surface area (Å²) in [4.78, 5) is 11.9. The van der Waals surface area contributed by atoms with E-state index in [0.717, 1.165) is 4.47 Å². The molecular weight excluding hydrogens is 284 g/mol. The van der Waals surface area contributed by atoms with E-state index >= 15 is 0 Å². The Morgan fingerprint density at radius 1 is 1.53 bits per heavy atom. The van der Waals surface area contributed by atoms with Gasteiger partial charge in [-0.05, 0) is 34.8 Å². The van der Waals surface area contributed by atoms with Crippen LogP contribution in [0.3, 0.4) is 0 Å². The van der Waals surface area contributed by atoms with Crippen LogP contribution in [0.25, 0.3) is 0 Å². The van der Waals surface area contributed by atoms with Crippen molar-refractivity contribution in [1.29, 1.82) is 0 Å². The number of nitrogens with one attached hydrogen (secondary N) is 1. The lowest BCUT2D eigenvalue weighted by Gasteiger charge is -2.25. The largest absolute Gasteiger partial charge is 0.388 e. The second kappa shape index (κ2) is 5.69. The summed E-state index contributed by atoms with van der Waals surface area (Å²) in [5.41, 5.74) is -0.232. The third-order valence-electron chi connectivity index (χ3n) is 3.10. The number of amides is 1. The normalized spacial score (nSPS) is 11.6. The fourth-order valence-corrected chi connectivity index (χ4v) is 2.11. The van der Waals surface area contributed by atoms with Crippen LogP contribution in [0.1, 0.15) is 37.2 Å². The minimum atomic E-state index is -0.807. The maximum atomic E-state index is 11.9. The van der Waals surface area contributed by atoms with Crippen molar-refractivity contribution in [3.8, 4) is 0 Å². The van der Waals surface area contributed by atoms with E-state index in [2.05, 4.69) is 21.2 Å². The van der Waals surface area contributed by atoms with Crippen molar-refractivity contribution in [1.82, 2.24) is 9.88 Å². The van der Waals surface area contributed by atoms with Crippen molar-refractivity contribution in [2.75, 3.05) is 6.54 Å². The molecule has 0 bridgehead atoms. The highest BCUT2D eigenvalue weighted by molar-refractivity contribution is 9.10. The fraction of sp³-hybridized carbons (Fsp3) is 0.583. The standard InChI is InChI=1S/C12H19BrN2O2/c1-4-12(17,5-2)8-14-11(16)10-6-9(13)7-15(10)3/h6-7,17H,4-5,8H2,1-3H3,(H,14,16). The van der Waals surface area contributed by atoms with Crippen molar-refractivity contribution < 1.29 is 9.90 Å². The molecule has 0 atom stereocenters. The van der Waals surface area contributed by atoms with Crippen LogP contribution < -0.4 is 5.32 Å². The fourth-order valence-electron chi connectivity index (χ4n) is 1.59. The molecule has 0 saturated heterocycles. The van der Waals surface area contributed by atoms with Crippen LogP contribution >= 0.6 is 15.9 Å². The van der Waals surface area contributed by atoms with E-state index in [1.54, 1.807) is 10.6 Å². The number of aryl methyl sites for hydroxylation is 1. The molecule has 0 aromatic carbocycles. The number of carbonyl (C=O) groups excluding carboxylic acids is 1. The molecule has 4 nitrogen and oxygen atoms in total. The first kappa shape index (κ1) is 14.3. The molecule has 0 radical (unpaired) electrons. The average molecular weight is 303 g/mol. The van der Waals surface area contributed by atoms with Gasteiger partial charge < -0.3 is 15.0 Å². The van der Waals surface area contributed by atoms with Crippen LogP contribution in [0, 0.1) is 0 Å². The summed E-state index contributed by atoms with van der Waals surface area (Å²) in [6.07, 6.45) is 3.07. The molecule has 0 aliphatic heterocycles. The summed E-state index contributed by atoms with van der Waals surface area (Å²) in [5, 5.41) is 12.8. The summed E-state index contributed by atoms with van der Waals surface area (Å²) in [6, 6.07) is 1.76. The van der Waals surface area contributed by atoms with Gasteiger partial charge in [0.25, 0.3) is 5.91 Å². The molecule has 0 spiro atoms. The highest BCUT2D eigenvalue weighted by Gasteiger charge is 2.23. The quantitative estimate of drug-likeness (QED) is 0.875. The van der Waals surface area contributed by atoms with Crippen LogP contribution in [-0.2, 0) is 7.05 Å². The van der Waals surface area contributed by atoms with E-state index in [0.29, 0.717) is 18.5 Å². The van der Waals surface area contributed by atoms with E-state index in [9.17, 15) is 9.90 Å². The Morgan fingerprint density at radius 3 is 2.53 bits per heavy atom. The van der Waals surface area contributed by atoms with Gasteiger partial charge in [-0.3, -0.25) is 4.79 Å². The molecule has 0 saturated carbocycles. The lowest BCUT2D eigenvalue weighted by molar-refractivity contribution is 0.0312. The smallest absolute Gasteiger partial charge is 0.268 e. The van der Waals surface area contributed by atoms with Gasteiger partial charge >= 0.3 is 0 Å². The minimum Gasteiger partial charge on any atom is -0.388 e. The zero-order chi connectivity index (χ0) is 13.1. The van der Waals surface area contributed by atoms with Crippen molar-refractivity contribution in [3.63, 3.8) is 0 Å². The number of carbonyl (C=O) groups is 1. The molecule has 96 valence electrons. The van der Waals surface area contributed by atoms with Crippen LogP contribution in [0.15, 0.2) is 16.7 Å². The Balaban J connectivity index is 2.65. The first-order valence-electron chi connectivity index (χ1n) is 5.74. The predicted molar refractivity (Wildman–Crippen MR) is 71.0 cm³/mol. The summed E-state index contributed by atoms with van der Waals surface area (Å²) in [6.45, 7) is 4.10. The highest BCUT2D eigenvalue weighted by atomic mass is 79.9. The second-order valence-corrected chi connectivity index (χ2v) is 5.18. The number of hydrogen-bond donors (Lipinski definition) is 2. The monoisotopic (exact) mass is 302 g/mol. The minimum absolute atomic E-state index is 0.168. The average Bonchev–Trinajstić information content (AvgIpc) is 2.65. The number of aliphatic hydroxyl groups is 1. The van der Waals surface area contributed by atoms with Crippen molar-refractivity contribution in [3.05, 3.63) is 22.4 Å². The molecule has 1 rings (SSSR count). The van der Waals surface area contributed by atoms with Gasteiger partial charge in [-0.15, -0.1) is 0 Å². The molecule has 1 aromatic rings. The molecule has 1 aromatic heterocycles. The van der Waals surface area contributed by atoms with Gasteiger partial charge in [-0.2, -0.15) is 0 Å². The van der Waals surface area contributed by atoms with E-state index in [4.69, 9.17) is 0 Å². The van der Waals surface area contributed by atoms with Gasteiger partial charge in [-0.1, -0.05) is 13.8 Å². The third kappa shape index (κ3) is 3.57. The SMILES string of the molecule is CCC(O)(CC)CNC(=O)c1cc(Br)cn1C. The number of aromatic nitrogens is 1. The van der Waals surface area contributed by atoms with Gasteiger partial charge in [0.15, 0.2) is 0 Å². The van der Waals surface area contributed by atoms with Crippen LogP contribution in [0.4, 0.5) is 0 Å². The van der Waals surface area contributed by atoms with Crippen LogP contribution in [-0.4, -0.2) is 27.7 Å². The molecule has 0 fully saturated rings. The van der Waals surface area contributed by atoms with E-state index < -0.39 is 5.60 Å². The zero-order valence-corrected chi connectivity index (χ0v) is 12.0. The number of hydrogen-bond acceptors (Lipinski definition) is 2. The second-order valence-electron chi connectivity index (χ2n) is 4.27. The van der Waals surface area contributed by atoms with E-state index in [1.165, 1.54) is 0 Å². The molecule has 1 amide bonds. The van der Waals surface area contributed by atoms with Crippen molar-refractivity contribution in [2.45, 2.75) is 32.3 Å². The molecular formula is C12H19BrN2O2. The maximum Gasteiger partial charge on any atom is 0.268 e. The molecule has 2 N–H and O–H groups in total. The Bertz CT molecular complexity index is 397. The van der Waals surface area contributed by atoms with Crippen molar-refractivity contribution >= 4 is 21.8 Å². The Labute approximate surface area is 110 Å². The van der Waals surface area contributed by atoms with Gasteiger partial charge in [0.05, 0.1) is 5.60 Å². The zero-order valence-electron chi connectivity index (χ0n) is 10.5. The first-order chi connectivity index (χ1) is 7.91. The molecule has 0 unspecified atom stereocenters. The Hall–Kier alpha value is -0.810. The molecule has 5 heteroatoms. The lowest BCUT2D eigenvalue weighted by atomic mass is 9.97.